The Bertz CT molecular complexity index is 159. The van der Waals surface area contributed by atoms with E-state index in [1.54, 1.807) is 0 Å². The van der Waals surface area contributed by atoms with E-state index in [2.05, 4.69) is 24.1 Å². The fraction of sp³-hybridized carbons (Fsp3) is 0.909. The number of amides is 1. The van der Waals surface area contributed by atoms with Crippen molar-refractivity contribution in [1.29, 1.82) is 0 Å². The standard InChI is InChI=1S/C11H24N2O2/c1-4-13(5-2)9-7-8-12-11(14)10-15-6-3/h4-10H2,1-3H3,(H,12,14). The molecule has 4 heteroatoms. The SMILES string of the molecule is CCOCC(=O)NCCCN(CC)CC. The maximum absolute atomic E-state index is 11.1. The van der Waals surface area contributed by atoms with E-state index in [0.29, 0.717) is 6.61 Å². The van der Waals surface area contributed by atoms with Gasteiger partial charge in [0.1, 0.15) is 6.61 Å². The van der Waals surface area contributed by atoms with Gasteiger partial charge in [0, 0.05) is 13.2 Å². The van der Waals surface area contributed by atoms with Crippen LogP contribution in [0.2, 0.25) is 0 Å². The minimum atomic E-state index is -0.0172. The molecule has 0 aliphatic heterocycles. The zero-order chi connectivity index (χ0) is 11.5. The molecule has 0 heterocycles. The third-order valence-corrected chi connectivity index (χ3v) is 2.30. The summed E-state index contributed by atoms with van der Waals surface area (Å²) in [6.45, 7) is 10.9. The number of carbonyl (C=O) groups is 1. The van der Waals surface area contributed by atoms with E-state index in [9.17, 15) is 4.79 Å². The molecule has 0 saturated heterocycles. The molecule has 0 fully saturated rings. The number of carbonyl (C=O) groups excluding carboxylic acids is 1. The van der Waals surface area contributed by atoms with Crippen molar-refractivity contribution in [2.45, 2.75) is 27.2 Å². The Balaban J connectivity index is 3.33. The van der Waals surface area contributed by atoms with Crippen LogP contribution >= 0.6 is 0 Å². The van der Waals surface area contributed by atoms with Gasteiger partial charge in [0.05, 0.1) is 0 Å². The molecule has 15 heavy (non-hydrogen) atoms. The number of rotatable bonds is 9. The van der Waals surface area contributed by atoms with Gasteiger partial charge >= 0.3 is 0 Å². The van der Waals surface area contributed by atoms with Crippen LogP contribution in [-0.2, 0) is 9.53 Å². The third-order valence-electron chi connectivity index (χ3n) is 2.30. The Hall–Kier alpha value is -0.610. The van der Waals surface area contributed by atoms with Crippen molar-refractivity contribution in [2.75, 3.05) is 39.4 Å². The predicted molar refractivity (Wildman–Crippen MR) is 61.9 cm³/mol. The Labute approximate surface area is 93.0 Å². The molecule has 0 saturated carbocycles. The Morgan fingerprint density at radius 3 is 2.47 bits per heavy atom. The number of nitrogens with one attached hydrogen (secondary N) is 1. The Morgan fingerprint density at radius 2 is 1.93 bits per heavy atom. The highest BCUT2D eigenvalue weighted by Crippen LogP contribution is 1.89. The van der Waals surface area contributed by atoms with Crippen LogP contribution in [-0.4, -0.2) is 50.2 Å². The van der Waals surface area contributed by atoms with Gasteiger partial charge in [-0.15, -0.1) is 0 Å². The highest BCUT2D eigenvalue weighted by Gasteiger charge is 2.01. The van der Waals surface area contributed by atoms with Crippen molar-refractivity contribution < 1.29 is 9.53 Å². The van der Waals surface area contributed by atoms with Gasteiger partial charge < -0.3 is 15.0 Å². The first kappa shape index (κ1) is 14.4. The summed E-state index contributed by atoms with van der Waals surface area (Å²) in [6, 6.07) is 0. The molecule has 1 N–H and O–H groups in total. The van der Waals surface area contributed by atoms with E-state index >= 15 is 0 Å². The van der Waals surface area contributed by atoms with Gasteiger partial charge in [-0.3, -0.25) is 4.79 Å². The molecule has 0 bridgehead atoms. The van der Waals surface area contributed by atoms with E-state index in [1.807, 2.05) is 6.92 Å². The predicted octanol–water partition coefficient (Wildman–Crippen LogP) is 0.871. The molecule has 90 valence electrons. The molecular weight excluding hydrogens is 192 g/mol. The van der Waals surface area contributed by atoms with Gasteiger partial charge in [-0.25, -0.2) is 0 Å². The second kappa shape index (κ2) is 9.93. The highest BCUT2D eigenvalue weighted by molar-refractivity contribution is 5.77. The van der Waals surface area contributed by atoms with Crippen LogP contribution in [0.5, 0.6) is 0 Å². The number of hydrogen-bond donors (Lipinski definition) is 1. The summed E-state index contributed by atoms with van der Waals surface area (Å²) in [4.78, 5) is 13.5. The largest absolute Gasteiger partial charge is 0.372 e. The average molecular weight is 216 g/mol. The van der Waals surface area contributed by atoms with Crippen LogP contribution < -0.4 is 5.32 Å². The first-order chi connectivity index (χ1) is 7.24. The van der Waals surface area contributed by atoms with Crippen LogP contribution in [0, 0.1) is 0 Å². The van der Waals surface area contributed by atoms with E-state index < -0.39 is 0 Å². The van der Waals surface area contributed by atoms with Crippen LogP contribution in [0.1, 0.15) is 27.2 Å². The van der Waals surface area contributed by atoms with E-state index in [-0.39, 0.29) is 12.5 Å². The summed E-state index contributed by atoms with van der Waals surface area (Å²) in [5, 5.41) is 2.83. The highest BCUT2D eigenvalue weighted by atomic mass is 16.5. The topological polar surface area (TPSA) is 41.6 Å². The molecule has 0 aromatic rings. The molecule has 0 aliphatic carbocycles. The zero-order valence-corrected chi connectivity index (χ0v) is 10.2. The summed E-state index contributed by atoms with van der Waals surface area (Å²) < 4.78 is 4.99. The molecule has 0 radical (unpaired) electrons. The molecule has 0 spiro atoms. The molecule has 0 atom stereocenters. The lowest BCUT2D eigenvalue weighted by atomic mass is 10.3. The molecular formula is C11H24N2O2. The fourth-order valence-corrected chi connectivity index (χ4v) is 1.32. The van der Waals surface area contributed by atoms with Gasteiger partial charge in [-0.05, 0) is 33.0 Å². The zero-order valence-electron chi connectivity index (χ0n) is 10.2. The molecule has 0 aliphatic rings. The van der Waals surface area contributed by atoms with Crippen molar-refractivity contribution >= 4 is 5.91 Å². The third kappa shape index (κ3) is 8.39. The van der Waals surface area contributed by atoms with Crippen LogP contribution in [0.15, 0.2) is 0 Å². The molecule has 0 aromatic heterocycles. The van der Waals surface area contributed by atoms with E-state index in [0.717, 1.165) is 32.6 Å². The lowest BCUT2D eigenvalue weighted by Crippen LogP contribution is -2.31. The minimum absolute atomic E-state index is 0.0172. The van der Waals surface area contributed by atoms with Crippen molar-refractivity contribution in [1.82, 2.24) is 10.2 Å². The fourth-order valence-electron chi connectivity index (χ4n) is 1.32. The summed E-state index contributed by atoms with van der Waals surface area (Å²) in [5.41, 5.74) is 0. The van der Waals surface area contributed by atoms with E-state index in [1.165, 1.54) is 0 Å². The van der Waals surface area contributed by atoms with E-state index in [4.69, 9.17) is 4.74 Å². The maximum Gasteiger partial charge on any atom is 0.245 e. The minimum Gasteiger partial charge on any atom is -0.372 e. The Morgan fingerprint density at radius 1 is 1.27 bits per heavy atom. The molecule has 0 unspecified atom stereocenters. The van der Waals surface area contributed by atoms with Gasteiger partial charge in [-0.2, -0.15) is 0 Å². The lowest BCUT2D eigenvalue weighted by molar-refractivity contribution is -0.125. The molecule has 4 nitrogen and oxygen atoms in total. The van der Waals surface area contributed by atoms with Crippen LogP contribution in [0.3, 0.4) is 0 Å². The second-order valence-corrected chi connectivity index (χ2v) is 3.37. The van der Waals surface area contributed by atoms with Crippen molar-refractivity contribution in [3.63, 3.8) is 0 Å². The summed E-state index contributed by atoms with van der Waals surface area (Å²) >= 11 is 0. The summed E-state index contributed by atoms with van der Waals surface area (Å²) in [5.74, 6) is -0.0172. The Kier molecular flexibility index (Phi) is 9.52. The van der Waals surface area contributed by atoms with Crippen molar-refractivity contribution in [2.24, 2.45) is 0 Å². The second-order valence-electron chi connectivity index (χ2n) is 3.37. The van der Waals surface area contributed by atoms with Gasteiger partial charge in [0.25, 0.3) is 0 Å². The van der Waals surface area contributed by atoms with Gasteiger partial charge in [0.15, 0.2) is 0 Å². The van der Waals surface area contributed by atoms with Gasteiger partial charge in [-0.1, -0.05) is 13.8 Å². The summed E-state index contributed by atoms with van der Waals surface area (Å²) in [6.07, 6.45) is 1.000. The van der Waals surface area contributed by atoms with Crippen LogP contribution in [0.4, 0.5) is 0 Å². The van der Waals surface area contributed by atoms with Crippen molar-refractivity contribution in [3.8, 4) is 0 Å². The first-order valence-electron chi connectivity index (χ1n) is 5.81. The quantitative estimate of drug-likeness (QED) is 0.582. The average Bonchev–Trinajstić information content (AvgIpc) is 2.26. The smallest absolute Gasteiger partial charge is 0.245 e. The maximum atomic E-state index is 11.1. The molecule has 0 rings (SSSR count). The van der Waals surface area contributed by atoms with Gasteiger partial charge in [0.2, 0.25) is 5.91 Å². The number of hydrogen-bond acceptors (Lipinski definition) is 3. The normalized spacial score (nSPS) is 10.7. The lowest BCUT2D eigenvalue weighted by Gasteiger charge is -2.17. The molecule has 1 amide bonds. The number of ether oxygens (including phenoxy) is 1. The number of nitrogens with zero attached hydrogens (tertiary/aromatic N) is 1. The summed E-state index contributed by atoms with van der Waals surface area (Å²) in [7, 11) is 0. The van der Waals surface area contributed by atoms with Crippen LogP contribution in [0.25, 0.3) is 0 Å². The van der Waals surface area contributed by atoms with Crippen molar-refractivity contribution in [3.05, 3.63) is 0 Å². The first-order valence-corrected chi connectivity index (χ1v) is 5.81. The monoisotopic (exact) mass is 216 g/mol. The molecule has 0 aromatic carbocycles.